The van der Waals surface area contributed by atoms with Crippen molar-refractivity contribution in [2.45, 2.75) is 13.5 Å². The van der Waals surface area contributed by atoms with E-state index >= 15 is 0 Å². The Kier molecular flexibility index (Phi) is 10.3. The number of nitrogens with zero attached hydrogens (tertiary/aromatic N) is 3. The number of nitrogens with one attached hydrogen (secondary N) is 1. The molecule has 0 aliphatic carbocycles. The molecule has 0 saturated carbocycles. The number of benzene rings is 1. The van der Waals surface area contributed by atoms with E-state index < -0.39 is 5.91 Å². The van der Waals surface area contributed by atoms with Gasteiger partial charge in [-0.15, -0.1) is 0 Å². The van der Waals surface area contributed by atoms with Crippen LogP contribution in [0.25, 0.3) is 0 Å². The molecule has 8 nitrogen and oxygen atoms in total. The molecule has 0 aliphatic heterocycles. The molecule has 0 saturated heterocycles. The number of methoxy groups -OCH3 is 1. The van der Waals surface area contributed by atoms with Crippen LogP contribution < -0.4 is 14.9 Å². The van der Waals surface area contributed by atoms with Gasteiger partial charge in [0.1, 0.15) is 24.0 Å². The van der Waals surface area contributed by atoms with Gasteiger partial charge in [0.2, 0.25) is 5.88 Å². The number of carbonyl (C=O) groups is 1. The van der Waals surface area contributed by atoms with Crippen LogP contribution in [0.4, 0.5) is 0 Å². The maximum atomic E-state index is 12.1. The predicted octanol–water partition coefficient (Wildman–Crippen LogP) is 4.79. The van der Waals surface area contributed by atoms with Crippen LogP contribution >= 0.6 is 47.8 Å². The number of amides is 1. The number of halogens is 3. The van der Waals surface area contributed by atoms with E-state index in [1.54, 1.807) is 25.1 Å². The van der Waals surface area contributed by atoms with Crippen molar-refractivity contribution in [3.05, 3.63) is 60.6 Å². The van der Waals surface area contributed by atoms with Gasteiger partial charge in [-0.3, -0.25) is 4.79 Å². The molecule has 1 heterocycles. The highest BCUT2D eigenvalue weighted by atomic mass is 79.9. The molecule has 0 spiro atoms. The minimum absolute atomic E-state index is 0.0577. The zero-order valence-electron chi connectivity index (χ0n) is 17.2. The normalized spacial score (nSPS) is 10.6. The fourth-order valence-corrected chi connectivity index (χ4v) is 4.35. The summed E-state index contributed by atoms with van der Waals surface area (Å²) in [7, 11) is 1.52. The number of rotatable bonds is 10. The van der Waals surface area contributed by atoms with Crippen LogP contribution in [0, 0.1) is 18.3 Å². The quantitative estimate of drug-likeness (QED) is 0.230. The van der Waals surface area contributed by atoms with Crippen molar-refractivity contribution in [1.82, 2.24) is 10.4 Å². The molecular formula is C21H19Br3N4O4. The van der Waals surface area contributed by atoms with Crippen molar-refractivity contribution in [2.24, 2.45) is 5.10 Å². The van der Waals surface area contributed by atoms with E-state index in [2.05, 4.69) is 69.9 Å². The number of hydrogen-bond donors (Lipinski definition) is 1. The summed E-state index contributed by atoms with van der Waals surface area (Å²) in [6.07, 6.45) is 3.12. The van der Waals surface area contributed by atoms with Crippen LogP contribution in [-0.2, 0) is 16.1 Å². The van der Waals surface area contributed by atoms with Gasteiger partial charge in [-0.25, -0.2) is 10.4 Å². The van der Waals surface area contributed by atoms with E-state index in [1.165, 1.54) is 13.3 Å². The van der Waals surface area contributed by atoms with E-state index in [1.807, 2.05) is 6.07 Å². The molecule has 0 atom stereocenters. The zero-order chi connectivity index (χ0) is 23.7. The highest BCUT2D eigenvalue weighted by Crippen LogP contribution is 2.34. The Balaban J connectivity index is 2.03. The van der Waals surface area contributed by atoms with Gasteiger partial charge in [-0.2, -0.15) is 10.4 Å². The summed E-state index contributed by atoms with van der Waals surface area (Å²) in [6, 6.07) is 5.63. The molecular weight excluding hydrogens is 612 g/mol. The Hall–Kier alpha value is -2.26. The second kappa shape index (κ2) is 12.7. The van der Waals surface area contributed by atoms with Crippen LogP contribution in [-0.4, -0.2) is 37.4 Å². The molecule has 168 valence electrons. The molecule has 1 aromatic carbocycles. The Bertz CT molecular complexity index is 1060. The van der Waals surface area contributed by atoms with Gasteiger partial charge in [0.25, 0.3) is 5.91 Å². The lowest BCUT2D eigenvalue weighted by molar-refractivity contribution is -0.123. The highest BCUT2D eigenvalue weighted by Gasteiger charge is 2.18. The van der Waals surface area contributed by atoms with E-state index in [4.69, 9.17) is 14.2 Å². The third-order valence-corrected chi connectivity index (χ3v) is 6.11. The van der Waals surface area contributed by atoms with Gasteiger partial charge >= 0.3 is 0 Å². The van der Waals surface area contributed by atoms with E-state index in [0.29, 0.717) is 28.1 Å². The minimum Gasteiger partial charge on any atom is -0.487 e. The van der Waals surface area contributed by atoms with E-state index in [0.717, 1.165) is 14.5 Å². The summed E-state index contributed by atoms with van der Waals surface area (Å²) in [5.41, 5.74) is 4.52. The van der Waals surface area contributed by atoms with Gasteiger partial charge in [0.05, 0.1) is 27.5 Å². The SMILES string of the molecule is C=CCOc1c(Br)cc(/C=N\NC(=O)COc2nc(C)c(Br)c(COC)c2C#N)cc1Br. The lowest BCUT2D eigenvalue weighted by Crippen LogP contribution is -2.25. The molecule has 0 aliphatic rings. The second-order valence-electron chi connectivity index (χ2n) is 6.21. The van der Waals surface area contributed by atoms with Crippen molar-refractivity contribution in [2.75, 3.05) is 20.3 Å². The monoisotopic (exact) mass is 628 g/mol. The predicted molar refractivity (Wildman–Crippen MR) is 131 cm³/mol. The Morgan fingerprint density at radius 1 is 1.31 bits per heavy atom. The second-order valence-corrected chi connectivity index (χ2v) is 8.71. The molecule has 1 aromatic heterocycles. The van der Waals surface area contributed by atoms with Gasteiger partial charge in [-0.1, -0.05) is 12.7 Å². The molecule has 2 rings (SSSR count). The first kappa shape index (κ1) is 26.0. The molecule has 0 radical (unpaired) electrons. The molecule has 32 heavy (non-hydrogen) atoms. The third kappa shape index (κ3) is 6.87. The van der Waals surface area contributed by atoms with Crippen molar-refractivity contribution in [3.8, 4) is 17.7 Å². The highest BCUT2D eigenvalue weighted by molar-refractivity contribution is 9.11. The first-order valence-electron chi connectivity index (χ1n) is 9.07. The first-order valence-corrected chi connectivity index (χ1v) is 11.5. The van der Waals surface area contributed by atoms with Crippen LogP contribution in [0.2, 0.25) is 0 Å². The molecule has 1 amide bonds. The van der Waals surface area contributed by atoms with Crippen molar-refractivity contribution in [3.63, 3.8) is 0 Å². The van der Waals surface area contributed by atoms with Crippen LogP contribution in [0.5, 0.6) is 11.6 Å². The number of aromatic nitrogens is 1. The Labute approximate surface area is 211 Å². The van der Waals surface area contributed by atoms with E-state index in [-0.39, 0.29) is 24.7 Å². The summed E-state index contributed by atoms with van der Waals surface area (Å²) in [6.45, 7) is 5.57. The van der Waals surface area contributed by atoms with Crippen LogP contribution in [0.15, 0.2) is 43.3 Å². The minimum atomic E-state index is -0.509. The number of hydrogen-bond acceptors (Lipinski definition) is 7. The smallest absolute Gasteiger partial charge is 0.278 e. The maximum Gasteiger partial charge on any atom is 0.278 e. The number of aryl methyl sites for hydroxylation is 1. The first-order chi connectivity index (χ1) is 15.3. The molecule has 1 N–H and O–H groups in total. The summed E-state index contributed by atoms with van der Waals surface area (Å²) in [4.78, 5) is 16.4. The summed E-state index contributed by atoms with van der Waals surface area (Å²) >= 11 is 10.3. The van der Waals surface area contributed by atoms with Gasteiger partial charge in [-0.05, 0) is 72.4 Å². The number of ether oxygens (including phenoxy) is 3. The van der Waals surface area contributed by atoms with Gasteiger partial charge in [0.15, 0.2) is 6.61 Å². The van der Waals surface area contributed by atoms with Crippen molar-refractivity contribution in [1.29, 1.82) is 5.26 Å². The molecule has 0 fully saturated rings. The Morgan fingerprint density at radius 3 is 2.59 bits per heavy atom. The van der Waals surface area contributed by atoms with E-state index in [9.17, 15) is 10.1 Å². The molecule has 0 bridgehead atoms. The van der Waals surface area contributed by atoms with Crippen molar-refractivity contribution >= 4 is 59.9 Å². The Morgan fingerprint density at radius 2 is 2.00 bits per heavy atom. The third-order valence-electron chi connectivity index (χ3n) is 3.88. The van der Waals surface area contributed by atoms with Gasteiger partial charge in [0, 0.05) is 17.1 Å². The summed E-state index contributed by atoms with van der Waals surface area (Å²) < 4.78 is 18.3. The topological polar surface area (TPSA) is 106 Å². The summed E-state index contributed by atoms with van der Waals surface area (Å²) in [5.74, 6) is 0.185. The zero-order valence-corrected chi connectivity index (χ0v) is 22.0. The number of carbonyl (C=O) groups excluding carboxylic acids is 1. The lowest BCUT2D eigenvalue weighted by Gasteiger charge is -2.13. The molecule has 0 unspecified atom stereocenters. The van der Waals surface area contributed by atoms with Crippen molar-refractivity contribution < 1.29 is 19.0 Å². The number of hydrazone groups is 1. The van der Waals surface area contributed by atoms with Crippen LogP contribution in [0.1, 0.15) is 22.4 Å². The van der Waals surface area contributed by atoms with Gasteiger partial charge < -0.3 is 14.2 Å². The number of nitriles is 1. The average Bonchev–Trinajstić information content (AvgIpc) is 2.75. The fraction of sp³-hybridized carbons (Fsp3) is 0.238. The lowest BCUT2D eigenvalue weighted by atomic mass is 10.1. The fourth-order valence-electron chi connectivity index (χ4n) is 2.49. The molecule has 2 aromatic rings. The standard InChI is InChI=1S/C21H19Br3N4O4/c1-4-5-31-20-16(22)6-13(7-17(20)23)9-26-28-18(29)11-32-21-14(8-25)15(10-30-3)19(24)12(2)27-21/h4,6-7,9H,1,5,10-11H2,2-3H3,(H,28,29)/b26-9-. The average molecular weight is 631 g/mol. The maximum absolute atomic E-state index is 12.1. The number of pyridine rings is 1. The molecule has 11 heteroatoms. The van der Waals surface area contributed by atoms with Crippen LogP contribution in [0.3, 0.4) is 0 Å². The summed E-state index contributed by atoms with van der Waals surface area (Å²) in [5, 5.41) is 13.4. The largest absolute Gasteiger partial charge is 0.487 e.